The number of ether oxygens (including phenoxy) is 1. The zero-order chi connectivity index (χ0) is 14.5. The maximum Gasteiger partial charge on any atom is 0.165 e. The van der Waals surface area contributed by atoms with E-state index in [0.717, 1.165) is 40.1 Å². The molecule has 0 aliphatic rings. The summed E-state index contributed by atoms with van der Waals surface area (Å²) in [5.41, 5.74) is 1.92. The first-order valence-electron chi connectivity index (χ1n) is 6.57. The molecule has 20 heavy (non-hydrogen) atoms. The second-order valence-corrected chi connectivity index (χ2v) is 5.33. The maximum absolute atomic E-state index is 5.41. The second kappa shape index (κ2) is 6.70. The van der Waals surface area contributed by atoms with Crippen LogP contribution < -0.4 is 10.1 Å². The summed E-state index contributed by atoms with van der Waals surface area (Å²) in [7, 11) is 3.52. The quantitative estimate of drug-likeness (QED) is 0.899. The number of hydrogen-bond acceptors (Lipinski definition) is 4. The molecular weight excluding hydrogens is 318 g/mol. The largest absolute Gasteiger partial charge is 0.496 e. The van der Waals surface area contributed by atoms with Crippen LogP contribution in [0.3, 0.4) is 0 Å². The van der Waals surface area contributed by atoms with Crippen LogP contribution in [0.5, 0.6) is 5.75 Å². The van der Waals surface area contributed by atoms with Gasteiger partial charge in [0, 0.05) is 23.3 Å². The molecule has 0 amide bonds. The van der Waals surface area contributed by atoms with Gasteiger partial charge in [0.25, 0.3) is 0 Å². The van der Waals surface area contributed by atoms with Crippen molar-refractivity contribution in [3.8, 4) is 17.1 Å². The Morgan fingerprint density at radius 2 is 2.05 bits per heavy atom. The van der Waals surface area contributed by atoms with Gasteiger partial charge >= 0.3 is 0 Å². The molecule has 2 aromatic rings. The Bertz CT molecular complexity index is 602. The highest BCUT2D eigenvalue weighted by Gasteiger charge is 2.12. The molecule has 0 bridgehead atoms. The molecule has 1 aromatic heterocycles. The first kappa shape index (κ1) is 14.8. The predicted octanol–water partition coefficient (Wildman–Crippen LogP) is 3.91. The van der Waals surface area contributed by atoms with Gasteiger partial charge in [-0.25, -0.2) is 9.97 Å². The zero-order valence-electron chi connectivity index (χ0n) is 11.9. The molecule has 1 N–H and O–H groups in total. The van der Waals surface area contributed by atoms with Crippen LogP contribution in [0.2, 0.25) is 0 Å². The van der Waals surface area contributed by atoms with E-state index >= 15 is 0 Å². The topological polar surface area (TPSA) is 47.0 Å². The van der Waals surface area contributed by atoms with E-state index in [9.17, 15) is 0 Å². The van der Waals surface area contributed by atoms with Gasteiger partial charge in [-0.3, -0.25) is 0 Å². The maximum atomic E-state index is 5.41. The molecule has 0 saturated heterocycles. The monoisotopic (exact) mass is 335 g/mol. The summed E-state index contributed by atoms with van der Waals surface area (Å²) < 4.78 is 6.38. The van der Waals surface area contributed by atoms with Gasteiger partial charge in [0.2, 0.25) is 0 Å². The highest BCUT2D eigenvalue weighted by Crippen LogP contribution is 2.31. The number of aryl methyl sites for hydroxylation is 1. The SMILES string of the molecule is CCCc1cc(NC)nc(-c2cc(Br)ccc2OC)n1. The van der Waals surface area contributed by atoms with E-state index < -0.39 is 0 Å². The van der Waals surface area contributed by atoms with Gasteiger partial charge in [0.15, 0.2) is 5.82 Å². The minimum Gasteiger partial charge on any atom is -0.496 e. The lowest BCUT2D eigenvalue weighted by Crippen LogP contribution is -2.02. The van der Waals surface area contributed by atoms with E-state index in [1.54, 1.807) is 7.11 Å². The van der Waals surface area contributed by atoms with Crippen molar-refractivity contribution in [2.75, 3.05) is 19.5 Å². The average molecular weight is 336 g/mol. The molecule has 0 atom stereocenters. The molecule has 0 aliphatic carbocycles. The summed E-state index contributed by atoms with van der Waals surface area (Å²) in [5, 5.41) is 3.08. The highest BCUT2D eigenvalue weighted by atomic mass is 79.9. The number of rotatable bonds is 5. The van der Waals surface area contributed by atoms with Crippen LogP contribution >= 0.6 is 15.9 Å². The number of nitrogens with zero attached hydrogens (tertiary/aromatic N) is 2. The van der Waals surface area contributed by atoms with E-state index in [1.165, 1.54) is 0 Å². The third-order valence-corrected chi connectivity index (χ3v) is 3.44. The molecule has 0 aliphatic heterocycles. The normalized spacial score (nSPS) is 10.4. The molecule has 0 unspecified atom stereocenters. The number of hydrogen-bond donors (Lipinski definition) is 1. The molecule has 2 rings (SSSR count). The van der Waals surface area contributed by atoms with E-state index in [4.69, 9.17) is 4.74 Å². The number of halogens is 1. The van der Waals surface area contributed by atoms with Crippen LogP contribution in [0.1, 0.15) is 19.0 Å². The summed E-state index contributed by atoms with van der Waals surface area (Å²) >= 11 is 3.48. The van der Waals surface area contributed by atoms with Crippen molar-refractivity contribution in [3.63, 3.8) is 0 Å². The number of anilines is 1. The molecule has 1 heterocycles. The first-order chi connectivity index (χ1) is 9.67. The summed E-state index contributed by atoms with van der Waals surface area (Å²) in [6.45, 7) is 2.14. The summed E-state index contributed by atoms with van der Waals surface area (Å²) in [4.78, 5) is 9.17. The Kier molecular flexibility index (Phi) is 4.95. The number of nitrogens with one attached hydrogen (secondary N) is 1. The molecule has 1 aromatic carbocycles. The fourth-order valence-corrected chi connectivity index (χ4v) is 2.35. The van der Waals surface area contributed by atoms with Crippen LogP contribution in [0.15, 0.2) is 28.7 Å². The lowest BCUT2D eigenvalue weighted by atomic mass is 10.1. The van der Waals surface area contributed by atoms with Crippen molar-refractivity contribution < 1.29 is 4.74 Å². The van der Waals surface area contributed by atoms with Crippen molar-refractivity contribution in [3.05, 3.63) is 34.4 Å². The van der Waals surface area contributed by atoms with Crippen molar-refractivity contribution in [1.82, 2.24) is 9.97 Å². The van der Waals surface area contributed by atoms with Crippen LogP contribution in [0.25, 0.3) is 11.4 Å². The third-order valence-electron chi connectivity index (χ3n) is 2.94. The van der Waals surface area contributed by atoms with Gasteiger partial charge in [0.1, 0.15) is 11.6 Å². The van der Waals surface area contributed by atoms with Gasteiger partial charge in [-0.05, 0) is 24.6 Å². The molecule has 4 nitrogen and oxygen atoms in total. The highest BCUT2D eigenvalue weighted by molar-refractivity contribution is 9.10. The van der Waals surface area contributed by atoms with Gasteiger partial charge in [-0.2, -0.15) is 0 Å². The van der Waals surface area contributed by atoms with Crippen LogP contribution in [-0.4, -0.2) is 24.1 Å². The smallest absolute Gasteiger partial charge is 0.165 e. The van der Waals surface area contributed by atoms with Crippen molar-refractivity contribution in [1.29, 1.82) is 0 Å². The summed E-state index contributed by atoms with van der Waals surface area (Å²) in [6.07, 6.45) is 1.98. The van der Waals surface area contributed by atoms with E-state index in [2.05, 4.69) is 38.1 Å². The number of benzene rings is 1. The van der Waals surface area contributed by atoms with Crippen molar-refractivity contribution in [2.24, 2.45) is 0 Å². The standard InChI is InChI=1S/C15H18BrN3O/c1-4-5-11-9-14(17-2)19-15(18-11)12-8-10(16)6-7-13(12)20-3/h6-9H,4-5H2,1-3H3,(H,17,18,19). The second-order valence-electron chi connectivity index (χ2n) is 4.41. The zero-order valence-corrected chi connectivity index (χ0v) is 13.5. The van der Waals surface area contributed by atoms with E-state index in [0.29, 0.717) is 5.82 Å². The Morgan fingerprint density at radius 1 is 1.25 bits per heavy atom. The van der Waals surface area contributed by atoms with E-state index in [1.807, 2.05) is 31.3 Å². The molecule has 0 saturated carbocycles. The molecule has 0 radical (unpaired) electrons. The van der Waals surface area contributed by atoms with Crippen LogP contribution in [0, 0.1) is 0 Å². The molecule has 5 heteroatoms. The number of aromatic nitrogens is 2. The Labute approximate surface area is 127 Å². The van der Waals surface area contributed by atoms with Crippen LogP contribution in [0.4, 0.5) is 5.82 Å². The lowest BCUT2D eigenvalue weighted by molar-refractivity contribution is 0.416. The van der Waals surface area contributed by atoms with Gasteiger partial charge in [0.05, 0.1) is 12.7 Å². The Morgan fingerprint density at radius 3 is 2.70 bits per heavy atom. The number of methoxy groups -OCH3 is 1. The minimum absolute atomic E-state index is 0.679. The lowest BCUT2D eigenvalue weighted by Gasteiger charge is -2.11. The fourth-order valence-electron chi connectivity index (χ4n) is 1.99. The Hall–Kier alpha value is -1.62. The molecular formula is C15H18BrN3O. The van der Waals surface area contributed by atoms with Gasteiger partial charge in [-0.1, -0.05) is 29.3 Å². The van der Waals surface area contributed by atoms with E-state index in [-0.39, 0.29) is 0 Å². The average Bonchev–Trinajstić information content (AvgIpc) is 2.47. The Balaban J connectivity index is 2.56. The minimum atomic E-state index is 0.679. The molecule has 0 spiro atoms. The van der Waals surface area contributed by atoms with Gasteiger partial charge < -0.3 is 10.1 Å². The predicted molar refractivity (Wildman–Crippen MR) is 85.3 cm³/mol. The van der Waals surface area contributed by atoms with Crippen LogP contribution in [-0.2, 0) is 6.42 Å². The summed E-state index contributed by atoms with van der Waals surface area (Å²) in [6, 6.07) is 7.81. The van der Waals surface area contributed by atoms with Gasteiger partial charge in [-0.15, -0.1) is 0 Å². The van der Waals surface area contributed by atoms with Crippen molar-refractivity contribution in [2.45, 2.75) is 19.8 Å². The summed E-state index contributed by atoms with van der Waals surface area (Å²) in [5.74, 6) is 2.27. The molecule has 106 valence electrons. The fraction of sp³-hybridized carbons (Fsp3) is 0.333. The molecule has 0 fully saturated rings. The van der Waals surface area contributed by atoms with Crippen molar-refractivity contribution >= 4 is 21.7 Å². The first-order valence-corrected chi connectivity index (χ1v) is 7.36. The third kappa shape index (κ3) is 3.28.